The highest BCUT2D eigenvalue weighted by atomic mass is 35.5. The number of anilines is 1. The van der Waals surface area contributed by atoms with Crippen LogP contribution < -0.4 is 4.90 Å². The third kappa shape index (κ3) is 4.03. The topological polar surface area (TPSA) is 6.48 Å². The van der Waals surface area contributed by atoms with Crippen LogP contribution in [0.4, 0.5) is 18.9 Å². The van der Waals surface area contributed by atoms with Gasteiger partial charge in [-0.2, -0.15) is 13.2 Å². The second kappa shape index (κ2) is 6.68. The molecular formula is C14H18ClF3N2. The summed E-state index contributed by atoms with van der Waals surface area (Å²) in [6.07, 6.45) is -3.33. The van der Waals surface area contributed by atoms with Crippen molar-refractivity contribution in [1.29, 1.82) is 0 Å². The predicted molar refractivity (Wildman–Crippen MR) is 75.4 cm³/mol. The lowest BCUT2D eigenvalue weighted by Crippen LogP contribution is -2.46. The molecule has 1 aliphatic heterocycles. The van der Waals surface area contributed by atoms with Crippen molar-refractivity contribution in [3.63, 3.8) is 0 Å². The van der Waals surface area contributed by atoms with Crippen molar-refractivity contribution >= 4 is 17.3 Å². The summed E-state index contributed by atoms with van der Waals surface area (Å²) in [5.41, 5.74) is 0.0661. The van der Waals surface area contributed by atoms with Gasteiger partial charge in [-0.05, 0) is 31.2 Å². The minimum absolute atomic E-state index is 0.584. The van der Waals surface area contributed by atoms with E-state index >= 15 is 0 Å². The first-order valence-electron chi connectivity index (χ1n) is 6.71. The number of benzene rings is 1. The Labute approximate surface area is 122 Å². The lowest BCUT2D eigenvalue weighted by Gasteiger charge is -2.36. The molecule has 6 heteroatoms. The molecule has 1 saturated heterocycles. The average molecular weight is 307 g/mol. The molecule has 0 aromatic heterocycles. The fourth-order valence-electron chi connectivity index (χ4n) is 2.39. The van der Waals surface area contributed by atoms with E-state index < -0.39 is 11.7 Å². The number of halogens is 4. The molecule has 20 heavy (non-hydrogen) atoms. The fourth-order valence-corrected chi connectivity index (χ4v) is 2.51. The van der Waals surface area contributed by atoms with Crippen LogP contribution in [0, 0.1) is 0 Å². The first-order valence-corrected chi connectivity index (χ1v) is 7.24. The van der Waals surface area contributed by atoms with E-state index in [9.17, 15) is 13.2 Å². The van der Waals surface area contributed by atoms with E-state index in [0.717, 1.165) is 45.2 Å². The van der Waals surface area contributed by atoms with E-state index in [2.05, 4.69) is 4.90 Å². The predicted octanol–water partition coefficient (Wildman–Crippen LogP) is 3.46. The van der Waals surface area contributed by atoms with Gasteiger partial charge in [-0.15, -0.1) is 11.6 Å². The maximum absolute atomic E-state index is 12.7. The fraction of sp³-hybridized carbons (Fsp3) is 0.571. The number of rotatable bonds is 4. The van der Waals surface area contributed by atoms with Gasteiger partial charge in [0.25, 0.3) is 0 Å². The lowest BCUT2D eigenvalue weighted by molar-refractivity contribution is -0.137. The highest BCUT2D eigenvalue weighted by molar-refractivity contribution is 6.17. The van der Waals surface area contributed by atoms with Crippen LogP contribution in [0.15, 0.2) is 24.3 Å². The van der Waals surface area contributed by atoms with Crippen LogP contribution in [-0.2, 0) is 6.18 Å². The van der Waals surface area contributed by atoms with Crippen molar-refractivity contribution in [3.8, 4) is 0 Å². The molecule has 0 saturated carbocycles. The maximum Gasteiger partial charge on any atom is 0.416 e. The normalized spacial score (nSPS) is 17.5. The van der Waals surface area contributed by atoms with Crippen LogP contribution in [0.3, 0.4) is 0 Å². The van der Waals surface area contributed by atoms with Gasteiger partial charge in [0.05, 0.1) is 5.56 Å². The third-order valence-corrected chi connectivity index (χ3v) is 3.79. The molecule has 0 bridgehead atoms. The van der Waals surface area contributed by atoms with Gasteiger partial charge in [0.1, 0.15) is 0 Å². The molecule has 1 fully saturated rings. The molecule has 0 aliphatic carbocycles. The monoisotopic (exact) mass is 306 g/mol. The zero-order valence-corrected chi connectivity index (χ0v) is 11.9. The molecule has 2 nitrogen and oxygen atoms in total. The molecule has 112 valence electrons. The molecule has 2 rings (SSSR count). The number of hydrogen-bond donors (Lipinski definition) is 0. The van der Waals surface area contributed by atoms with Crippen molar-refractivity contribution in [3.05, 3.63) is 29.8 Å². The Bertz CT molecular complexity index is 429. The number of nitrogens with zero attached hydrogens (tertiary/aromatic N) is 2. The molecule has 0 atom stereocenters. The largest absolute Gasteiger partial charge is 0.416 e. The molecule has 0 radical (unpaired) electrons. The van der Waals surface area contributed by atoms with Crippen LogP contribution in [0.5, 0.6) is 0 Å². The zero-order chi connectivity index (χ0) is 14.6. The number of alkyl halides is 4. The van der Waals surface area contributed by atoms with Gasteiger partial charge in [-0.3, -0.25) is 4.90 Å². The minimum atomic E-state index is -4.28. The van der Waals surface area contributed by atoms with Gasteiger partial charge in [0, 0.05) is 37.7 Å². The summed E-state index contributed by atoms with van der Waals surface area (Å²) in [6.45, 7) is 4.20. The summed E-state index contributed by atoms with van der Waals surface area (Å²) in [6, 6.07) is 5.55. The Kier molecular flexibility index (Phi) is 5.16. The second-order valence-corrected chi connectivity index (χ2v) is 5.30. The molecule has 0 amide bonds. The Hall–Kier alpha value is -0.940. The van der Waals surface area contributed by atoms with Crippen molar-refractivity contribution < 1.29 is 13.2 Å². The molecule has 1 aliphatic rings. The Balaban J connectivity index is 1.97. The Morgan fingerprint density at radius 2 is 1.80 bits per heavy atom. The molecule has 1 aromatic carbocycles. The molecule has 0 unspecified atom stereocenters. The van der Waals surface area contributed by atoms with Gasteiger partial charge < -0.3 is 4.90 Å². The highest BCUT2D eigenvalue weighted by Crippen LogP contribution is 2.31. The van der Waals surface area contributed by atoms with Crippen molar-refractivity contribution in [1.82, 2.24) is 4.90 Å². The summed E-state index contributed by atoms with van der Waals surface area (Å²) in [5, 5.41) is 0. The molecule has 0 N–H and O–H groups in total. The summed E-state index contributed by atoms with van der Waals surface area (Å²) in [5.74, 6) is 0.647. The Morgan fingerprint density at radius 3 is 2.40 bits per heavy atom. The van der Waals surface area contributed by atoms with E-state index in [0.29, 0.717) is 11.6 Å². The maximum atomic E-state index is 12.7. The smallest absolute Gasteiger partial charge is 0.369 e. The van der Waals surface area contributed by atoms with Crippen LogP contribution in [0.1, 0.15) is 12.0 Å². The molecule has 1 heterocycles. The standard InChI is InChI=1S/C14H18ClF3N2/c15-5-2-6-19-7-9-20(10-8-19)13-4-1-3-12(11-13)14(16,17)18/h1,3-4,11H,2,5-10H2. The van der Waals surface area contributed by atoms with Gasteiger partial charge in [0.2, 0.25) is 0 Å². The van der Waals surface area contributed by atoms with E-state index in [4.69, 9.17) is 11.6 Å². The van der Waals surface area contributed by atoms with Crippen molar-refractivity contribution in [2.45, 2.75) is 12.6 Å². The zero-order valence-electron chi connectivity index (χ0n) is 11.2. The number of piperazine rings is 1. The van der Waals surface area contributed by atoms with Crippen molar-refractivity contribution in [2.75, 3.05) is 43.5 Å². The third-order valence-electron chi connectivity index (χ3n) is 3.52. The summed E-state index contributed by atoms with van der Waals surface area (Å²) >= 11 is 5.66. The van der Waals surface area contributed by atoms with E-state index in [1.165, 1.54) is 12.1 Å². The molecule has 1 aromatic rings. The number of hydrogen-bond acceptors (Lipinski definition) is 2. The lowest BCUT2D eigenvalue weighted by atomic mass is 10.1. The van der Waals surface area contributed by atoms with E-state index in [1.807, 2.05) is 4.90 Å². The first-order chi connectivity index (χ1) is 9.50. The minimum Gasteiger partial charge on any atom is -0.369 e. The highest BCUT2D eigenvalue weighted by Gasteiger charge is 2.31. The second-order valence-electron chi connectivity index (χ2n) is 4.92. The summed E-state index contributed by atoms with van der Waals surface area (Å²) < 4.78 is 38.1. The summed E-state index contributed by atoms with van der Waals surface area (Å²) in [7, 11) is 0. The van der Waals surface area contributed by atoms with Gasteiger partial charge in [-0.1, -0.05) is 6.07 Å². The first kappa shape index (κ1) is 15.4. The molecular weight excluding hydrogens is 289 g/mol. The van der Waals surface area contributed by atoms with Crippen LogP contribution in [0.25, 0.3) is 0 Å². The SMILES string of the molecule is FC(F)(F)c1cccc(N2CCN(CCCCl)CC2)c1. The van der Waals surface area contributed by atoms with Crippen LogP contribution in [-0.4, -0.2) is 43.5 Å². The summed E-state index contributed by atoms with van der Waals surface area (Å²) in [4.78, 5) is 4.30. The molecule has 0 spiro atoms. The Morgan fingerprint density at radius 1 is 1.10 bits per heavy atom. The van der Waals surface area contributed by atoms with Crippen molar-refractivity contribution in [2.24, 2.45) is 0 Å². The average Bonchev–Trinajstić information content (AvgIpc) is 2.45. The van der Waals surface area contributed by atoms with Gasteiger partial charge in [-0.25, -0.2) is 0 Å². The quantitative estimate of drug-likeness (QED) is 0.786. The van der Waals surface area contributed by atoms with Gasteiger partial charge >= 0.3 is 6.18 Å². The van der Waals surface area contributed by atoms with E-state index in [-0.39, 0.29) is 0 Å². The van der Waals surface area contributed by atoms with E-state index in [1.54, 1.807) is 6.07 Å². The van der Waals surface area contributed by atoms with Gasteiger partial charge in [0.15, 0.2) is 0 Å². The van der Waals surface area contributed by atoms with Crippen LogP contribution in [0.2, 0.25) is 0 Å². The van der Waals surface area contributed by atoms with Crippen LogP contribution >= 0.6 is 11.6 Å².